The van der Waals surface area contributed by atoms with Crippen molar-refractivity contribution < 1.29 is 9.59 Å². The van der Waals surface area contributed by atoms with Gasteiger partial charge in [-0.3, -0.25) is 9.59 Å². The van der Waals surface area contributed by atoms with E-state index in [2.05, 4.69) is 36.0 Å². The molecule has 0 aliphatic heterocycles. The number of carbonyl (C=O) groups excluding carboxylic acids is 2. The molecule has 0 saturated heterocycles. The van der Waals surface area contributed by atoms with Gasteiger partial charge >= 0.3 is 0 Å². The molecule has 2 amide bonds. The van der Waals surface area contributed by atoms with Crippen LogP contribution in [0.4, 0.5) is 0 Å². The number of nitrogens with two attached hydrogens (primary N) is 1. The molecule has 9 heteroatoms. The first kappa shape index (κ1) is 19.9. The number of aryl methyl sites for hydroxylation is 1. The zero-order chi connectivity index (χ0) is 19.4. The number of aromatic nitrogens is 3. The predicted octanol–water partition coefficient (Wildman–Crippen LogP) is 2.76. The molecular formula is C18H22BrN5O2S. The van der Waals surface area contributed by atoms with Crippen LogP contribution in [0.25, 0.3) is 0 Å². The van der Waals surface area contributed by atoms with Gasteiger partial charge in [-0.05, 0) is 37.5 Å². The number of benzene rings is 1. The smallest absolute Gasteiger partial charge is 0.230 e. The average Bonchev–Trinajstić information content (AvgIpc) is 3.38. The van der Waals surface area contributed by atoms with Crippen molar-refractivity contribution in [3.05, 3.63) is 40.1 Å². The van der Waals surface area contributed by atoms with Gasteiger partial charge < -0.3 is 15.6 Å². The number of hydrogen-bond donors (Lipinski definition) is 2. The Morgan fingerprint density at radius 3 is 2.67 bits per heavy atom. The first-order chi connectivity index (χ1) is 12.9. The van der Waals surface area contributed by atoms with E-state index in [4.69, 9.17) is 5.73 Å². The summed E-state index contributed by atoms with van der Waals surface area (Å²) in [7, 11) is 0. The van der Waals surface area contributed by atoms with Gasteiger partial charge in [-0.2, -0.15) is 0 Å². The van der Waals surface area contributed by atoms with E-state index in [0.717, 1.165) is 33.9 Å². The molecular weight excluding hydrogens is 430 g/mol. The van der Waals surface area contributed by atoms with Crippen LogP contribution in [0.1, 0.15) is 49.7 Å². The lowest BCUT2D eigenvalue weighted by Crippen LogP contribution is -2.28. The summed E-state index contributed by atoms with van der Waals surface area (Å²) in [6.45, 7) is 1.96. The monoisotopic (exact) mass is 451 g/mol. The second-order valence-corrected chi connectivity index (χ2v) is 8.45. The Labute approximate surface area is 170 Å². The topological polar surface area (TPSA) is 103 Å². The maximum atomic E-state index is 12.3. The van der Waals surface area contributed by atoms with Crippen LogP contribution in [0, 0.1) is 0 Å². The van der Waals surface area contributed by atoms with Crippen molar-refractivity contribution in [2.45, 2.75) is 49.8 Å². The molecule has 1 aliphatic rings. The number of carbonyl (C=O) groups is 2. The maximum absolute atomic E-state index is 12.3. The summed E-state index contributed by atoms with van der Waals surface area (Å²) in [5.41, 5.74) is 6.28. The predicted molar refractivity (Wildman–Crippen MR) is 107 cm³/mol. The Balaban J connectivity index is 1.57. The Bertz CT molecular complexity index is 820. The molecule has 0 radical (unpaired) electrons. The van der Waals surface area contributed by atoms with E-state index in [1.165, 1.54) is 11.8 Å². The summed E-state index contributed by atoms with van der Waals surface area (Å²) < 4.78 is 3.06. The molecule has 144 valence electrons. The Hall–Kier alpha value is -1.87. The van der Waals surface area contributed by atoms with E-state index >= 15 is 0 Å². The molecule has 27 heavy (non-hydrogen) atoms. The highest BCUT2D eigenvalue weighted by atomic mass is 79.9. The third-order valence-corrected chi connectivity index (χ3v) is 5.79. The third-order valence-electron chi connectivity index (χ3n) is 4.32. The lowest BCUT2D eigenvalue weighted by molar-refractivity contribution is -0.119. The third kappa shape index (κ3) is 5.55. The molecule has 1 unspecified atom stereocenters. The van der Waals surface area contributed by atoms with Crippen molar-refractivity contribution in [1.29, 1.82) is 0 Å². The number of primary amides is 1. The fourth-order valence-electron chi connectivity index (χ4n) is 2.76. The van der Waals surface area contributed by atoms with E-state index in [1.807, 2.05) is 31.2 Å². The molecule has 2 aromatic rings. The summed E-state index contributed by atoms with van der Waals surface area (Å²) in [4.78, 5) is 23.4. The average molecular weight is 452 g/mol. The largest absolute Gasteiger partial charge is 0.370 e. The number of amides is 2. The molecule has 3 rings (SSSR count). The normalized spacial score (nSPS) is 14.7. The van der Waals surface area contributed by atoms with Crippen molar-refractivity contribution in [2.24, 2.45) is 5.73 Å². The number of nitrogens with one attached hydrogen (secondary N) is 1. The summed E-state index contributed by atoms with van der Waals surface area (Å²) in [6, 6.07) is 8.18. The van der Waals surface area contributed by atoms with Gasteiger partial charge in [-0.1, -0.05) is 39.8 Å². The van der Waals surface area contributed by atoms with Crippen LogP contribution in [-0.2, 0) is 16.0 Å². The van der Waals surface area contributed by atoms with Crippen molar-refractivity contribution in [2.75, 3.05) is 5.75 Å². The first-order valence-corrected chi connectivity index (χ1v) is 10.6. The Morgan fingerprint density at radius 2 is 2.04 bits per heavy atom. The highest BCUT2D eigenvalue weighted by Gasteiger charge is 2.29. The van der Waals surface area contributed by atoms with Crippen LogP contribution in [0.15, 0.2) is 33.9 Å². The lowest BCUT2D eigenvalue weighted by atomic mass is 10.1. The van der Waals surface area contributed by atoms with E-state index in [0.29, 0.717) is 12.5 Å². The standard InChI is InChI=1S/C18H22BrN5O2S/c1-11(12-2-4-13(19)5-3-12)21-17(26)10-27-18-23-22-16(9-8-15(20)25)24(18)14-6-7-14/h2-5,11,14H,6-10H2,1H3,(H2,20,25)(H,21,26). The van der Waals surface area contributed by atoms with Crippen LogP contribution >= 0.6 is 27.7 Å². The molecule has 1 aliphatic carbocycles. The van der Waals surface area contributed by atoms with E-state index < -0.39 is 0 Å². The van der Waals surface area contributed by atoms with Crippen molar-refractivity contribution >= 4 is 39.5 Å². The van der Waals surface area contributed by atoms with Crippen molar-refractivity contribution in [1.82, 2.24) is 20.1 Å². The fourth-order valence-corrected chi connectivity index (χ4v) is 3.86. The number of rotatable bonds is 9. The molecule has 1 atom stereocenters. The summed E-state index contributed by atoms with van der Waals surface area (Å²) in [5.74, 6) is 0.624. The highest BCUT2D eigenvalue weighted by molar-refractivity contribution is 9.10. The first-order valence-electron chi connectivity index (χ1n) is 8.83. The maximum Gasteiger partial charge on any atom is 0.230 e. The van der Waals surface area contributed by atoms with Gasteiger partial charge in [-0.25, -0.2) is 0 Å². The summed E-state index contributed by atoms with van der Waals surface area (Å²) >= 11 is 4.78. The minimum atomic E-state index is -0.351. The second kappa shape index (κ2) is 8.88. The van der Waals surface area contributed by atoms with Crippen LogP contribution in [0.3, 0.4) is 0 Å². The van der Waals surface area contributed by atoms with Gasteiger partial charge in [0.05, 0.1) is 11.8 Å². The quantitative estimate of drug-likeness (QED) is 0.570. The molecule has 1 aromatic carbocycles. The summed E-state index contributed by atoms with van der Waals surface area (Å²) in [6.07, 6.45) is 2.87. The molecule has 1 saturated carbocycles. The number of thioether (sulfide) groups is 1. The van der Waals surface area contributed by atoms with Crippen LogP contribution in [0.5, 0.6) is 0 Å². The van der Waals surface area contributed by atoms with E-state index in [1.54, 1.807) is 0 Å². The van der Waals surface area contributed by atoms with Gasteiger partial charge in [0.15, 0.2) is 5.16 Å². The van der Waals surface area contributed by atoms with E-state index in [9.17, 15) is 9.59 Å². The van der Waals surface area contributed by atoms with Crippen LogP contribution in [0.2, 0.25) is 0 Å². The Kier molecular flexibility index (Phi) is 6.54. The number of nitrogens with zero attached hydrogens (tertiary/aromatic N) is 3. The minimum Gasteiger partial charge on any atom is -0.370 e. The van der Waals surface area contributed by atoms with Gasteiger partial charge in [0.25, 0.3) is 0 Å². The molecule has 3 N–H and O–H groups in total. The van der Waals surface area contributed by atoms with Gasteiger partial charge in [0, 0.05) is 23.4 Å². The van der Waals surface area contributed by atoms with Gasteiger partial charge in [-0.15, -0.1) is 10.2 Å². The zero-order valence-corrected chi connectivity index (χ0v) is 17.4. The minimum absolute atomic E-state index is 0.0561. The Morgan fingerprint density at radius 1 is 1.33 bits per heavy atom. The number of halogens is 1. The number of hydrogen-bond acceptors (Lipinski definition) is 5. The fraction of sp³-hybridized carbons (Fsp3) is 0.444. The van der Waals surface area contributed by atoms with Crippen LogP contribution < -0.4 is 11.1 Å². The van der Waals surface area contributed by atoms with Crippen molar-refractivity contribution in [3.63, 3.8) is 0 Å². The molecule has 1 fully saturated rings. The SMILES string of the molecule is CC(NC(=O)CSc1nnc(CCC(N)=O)n1C1CC1)c1ccc(Br)cc1. The highest BCUT2D eigenvalue weighted by Crippen LogP contribution is 2.39. The zero-order valence-electron chi connectivity index (χ0n) is 15.0. The molecule has 1 heterocycles. The van der Waals surface area contributed by atoms with Crippen LogP contribution in [-0.4, -0.2) is 32.3 Å². The molecule has 7 nitrogen and oxygen atoms in total. The van der Waals surface area contributed by atoms with Gasteiger partial charge in [0.1, 0.15) is 5.82 Å². The second-order valence-electron chi connectivity index (χ2n) is 6.60. The van der Waals surface area contributed by atoms with E-state index in [-0.39, 0.29) is 30.0 Å². The van der Waals surface area contributed by atoms with Crippen molar-refractivity contribution in [3.8, 4) is 0 Å². The molecule has 0 spiro atoms. The lowest BCUT2D eigenvalue weighted by Gasteiger charge is -2.14. The summed E-state index contributed by atoms with van der Waals surface area (Å²) in [5, 5.41) is 12.1. The van der Waals surface area contributed by atoms with Gasteiger partial charge in [0.2, 0.25) is 11.8 Å². The molecule has 1 aromatic heterocycles. The molecule has 0 bridgehead atoms.